The lowest BCUT2D eigenvalue weighted by molar-refractivity contribution is -0.118. The summed E-state index contributed by atoms with van der Waals surface area (Å²) in [5, 5.41) is 7.86. The van der Waals surface area contributed by atoms with Gasteiger partial charge in [0.15, 0.2) is 5.03 Å². The maximum absolute atomic E-state index is 12.0. The van der Waals surface area contributed by atoms with Gasteiger partial charge in [-0.1, -0.05) is 0 Å². The fraction of sp³-hybridized carbons (Fsp3) is 0.500. The van der Waals surface area contributed by atoms with Crippen molar-refractivity contribution in [2.45, 2.75) is 18.9 Å². The molecule has 0 saturated heterocycles. The summed E-state index contributed by atoms with van der Waals surface area (Å²) in [7, 11) is -3.93. The highest BCUT2D eigenvalue weighted by atomic mass is 32.2. The molecule has 0 fully saturated rings. The van der Waals surface area contributed by atoms with Crippen molar-refractivity contribution in [3.8, 4) is 0 Å². The Bertz CT molecular complexity index is 580. The molecule has 0 saturated carbocycles. The van der Waals surface area contributed by atoms with E-state index in [9.17, 15) is 18.0 Å². The number of hydrogen-bond donors (Lipinski definition) is 3. The second kappa shape index (κ2) is 7.01. The first-order chi connectivity index (χ1) is 9.38. The van der Waals surface area contributed by atoms with Crippen LogP contribution in [-0.4, -0.2) is 50.2 Å². The van der Waals surface area contributed by atoms with Crippen molar-refractivity contribution in [2.24, 2.45) is 0 Å². The Hall–Kier alpha value is -1.94. The summed E-state index contributed by atoms with van der Waals surface area (Å²) in [6.45, 7) is 3.18. The molecule has 9 nitrogen and oxygen atoms in total. The van der Waals surface area contributed by atoms with Gasteiger partial charge in [-0.15, -0.1) is 0 Å². The van der Waals surface area contributed by atoms with Crippen LogP contribution >= 0.6 is 0 Å². The second-order valence-corrected chi connectivity index (χ2v) is 5.42. The molecule has 1 aromatic rings. The number of carbonyl (C=O) groups is 2. The van der Waals surface area contributed by atoms with Crippen LogP contribution in [0.1, 0.15) is 24.2 Å². The Morgan fingerprint density at radius 2 is 2.10 bits per heavy atom. The zero-order chi connectivity index (χ0) is 15.2. The van der Waals surface area contributed by atoms with Gasteiger partial charge in [-0.2, -0.15) is 5.10 Å². The maximum atomic E-state index is 12.0. The van der Waals surface area contributed by atoms with Gasteiger partial charge in [-0.05, 0) is 6.92 Å². The third-order valence-corrected chi connectivity index (χ3v) is 3.59. The number of esters is 1. The first-order valence-electron chi connectivity index (χ1n) is 5.83. The van der Waals surface area contributed by atoms with Gasteiger partial charge in [-0.3, -0.25) is 9.89 Å². The summed E-state index contributed by atoms with van der Waals surface area (Å²) in [5.41, 5.74) is -0.168. The molecule has 20 heavy (non-hydrogen) atoms. The highest BCUT2D eigenvalue weighted by Crippen LogP contribution is 2.12. The van der Waals surface area contributed by atoms with Crippen LogP contribution in [0, 0.1) is 0 Å². The molecule has 0 atom stereocenters. The molecule has 1 rings (SSSR count). The number of aromatic nitrogens is 2. The summed E-state index contributed by atoms with van der Waals surface area (Å²) in [5.74, 6) is -1.04. The van der Waals surface area contributed by atoms with Gasteiger partial charge in [0, 0.05) is 20.0 Å². The molecule has 1 aromatic heterocycles. The van der Waals surface area contributed by atoms with Crippen LogP contribution < -0.4 is 10.0 Å². The van der Waals surface area contributed by atoms with E-state index in [1.807, 2.05) is 0 Å². The highest BCUT2D eigenvalue weighted by molar-refractivity contribution is 7.89. The van der Waals surface area contributed by atoms with Crippen LogP contribution in [0.5, 0.6) is 0 Å². The van der Waals surface area contributed by atoms with Crippen LogP contribution in [0.4, 0.5) is 0 Å². The molecule has 112 valence electrons. The molecule has 0 aromatic carbocycles. The minimum Gasteiger partial charge on any atom is -0.462 e. The lowest BCUT2D eigenvalue weighted by Gasteiger charge is -2.07. The van der Waals surface area contributed by atoms with Gasteiger partial charge in [-0.25, -0.2) is 17.9 Å². The topological polar surface area (TPSA) is 130 Å². The number of carbonyl (C=O) groups excluding carboxylic acids is 2. The molecule has 0 unspecified atom stereocenters. The molecule has 3 N–H and O–H groups in total. The average Bonchev–Trinajstić information content (AvgIpc) is 2.85. The third-order valence-electron chi connectivity index (χ3n) is 2.16. The number of aromatic amines is 1. The summed E-state index contributed by atoms with van der Waals surface area (Å²) >= 11 is 0. The Morgan fingerprint density at radius 1 is 1.40 bits per heavy atom. The minimum absolute atomic E-state index is 0.0107. The van der Waals surface area contributed by atoms with E-state index < -0.39 is 16.0 Å². The van der Waals surface area contributed by atoms with Crippen LogP contribution in [0.3, 0.4) is 0 Å². The predicted octanol–water partition coefficient (Wildman–Crippen LogP) is -0.999. The van der Waals surface area contributed by atoms with Crippen LogP contribution in [-0.2, 0) is 19.6 Å². The lowest BCUT2D eigenvalue weighted by Crippen LogP contribution is -2.34. The van der Waals surface area contributed by atoms with E-state index in [1.165, 1.54) is 6.92 Å². The molecule has 0 spiro atoms. The van der Waals surface area contributed by atoms with Crippen molar-refractivity contribution >= 4 is 21.9 Å². The van der Waals surface area contributed by atoms with Crippen LogP contribution in [0.15, 0.2) is 11.2 Å². The maximum Gasteiger partial charge on any atom is 0.342 e. The second-order valence-electron chi connectivity index (χ2n) is 3.71. The molecular weight excluding hydrogens is 288 g/mol. The molecule has 0 aliphatic carbocycles. The highest BCUT2D eigenvalue weighted by Gasteiger charge is 2.25. The summed E-state index contributed by atoms with van der Waals surface area (Å²) in [6.07, 6.45) is 1.08. The van der Waals surface area contributed by atoms with Gasteiger partial charge in [0.25, 0.3) is 10.0 Å². The molecule has 1 heterocycles. The summed E-state index contributed by atoms with van der Waals surface area (Å²) < 4.78 is 30.9. The smallest absolute Gasteiger partial charge is 0.342 e. The molecule has 0 radical (unpaired) electrons. The number of H-pyrrole nitrogens is 1. The van der Waals surface area contributed by atoms with Crippen molar-refractivity contribution in [3.63, 3.8) is 0 Å². The third kappa shape index (κ3) is 4.31. The number of rotatable bonds is 7. The average molecular weight is 304 g/mol. The number of hydrogen-bond acceptors (Lipinski definition) is 6. The number of sulfonamides is 1. The largest absolute Gasteiger partial charge is 0.462 e. The zero-order valence-electron chi connectivity index (χ0n) is 11.1. The van der Waals surface area contributed by atoms with Crippen molar-refractivity contribution in [1.29, 1.82) is 0 Å². The van der Waals surface area contributed by atoms with E-state index >= 15 is 0 Å². The van der Waals surface area contributed by atoms with Crippen molar-refractivity contribution in [3.05, 3.63) is 11.8 Å². The molecule has 10 heteroatoms. The Kier molecular flexibility index (Phi) is 5.65. The summed E-state index contributed by atoms with van der Waals surface area (Å²) in [6, 6.07) is 0. The monoisotopic (exact) mass is 304 g/mol. The number of amides is 1. The fourth-order valence-corrected chi connectivity index (χ4v) is 2.44. The van der Waals surface area contributed by atoms with E-state index in [2.05, 4.69) is 20.2 Å². The zero-order valence-corrected chi connectivity index (χ0v) is 11.9. The van der Waals surface area contributed by atoms with E-state index in [4.69, 9.17) is 4.74 Å². The standard InChI is InChI=1S/C10H16N4O5S/c1-3-19-10(16)8-6-12-14-9(8)20(17,18)13-5-4-11-7(2)15/h6,13H,3-5H2,1-2H3,(H,11,15)(H,12,14). The SMILES string of the molecule is CCOC(=O)c1cn[nH]c1S(=O)(=O)NCCNC(C)=O. The Morgan fingerprint density at radius 3 is 2.70 bits per heavy atom. The van der Waals surface area contributed by atoms with Gasteiger partial charge in [0.1, 0.15) is 5.56 Å². The minimum atomic E-state index is -3.93. The van der Waals surface area contributed by atoms with Crippen LogP contribution in [0.25, 0.3) is 0 Å². The van der Waals surface area contributed by atoms with Gasteiger partial charge in [0.2, 0.25) is 5.91 Å². The lowest BCUT2D eigenvalue weighted by atomic mass is 10.4. The molecule has 0 bridgehead atoms. The van der Waals surface area contributed by atoms with Crippen LogP contribution in [0.2, 0.25) is 0 Å². The number of nitrogens with one attached hydrogen (secondary N) is 3. The van der Waals surface area contributed by atoms with Gasteiger partial charge in [0.05, 0.1) is 12.8 Å². The van der Waals surface area contributed by atoms with Crippen molar-refractivity contribution < 1.29 is 22.7 Å². The predicted molar refractivity (Wildman–Crippen MR) is 68.4 cm³/mol. The van der Waals surface area contributed by atoms with E-state index in [0.29, 0.717) is 0 Å². The molecule has 0 aliphatic heterocycles. The number of ether oxygens (including phenoxy) is 1. The summed E-state index contributed by atoms with van der Waals surface area (Å²) in [4.78, 5) is 22.2. The van der Waals surface area contributed by atoms with Gasteiger partial charge < -0.3 is 10.1 Å². The van der Waals surface area contributed by atoms with Crippen molar-refractivity contribution in [1.82, 2.24) is 20.2 Å². The molecule has 0 aliphatic rings. The van der Waals surface area contributed by atoms with E-state index in [1.54, 1.807) is 6.92 Å². The molecular formula is C10H16N4O5S. The first-order valence-corrected chi connectivity index (χ1v) is 7.31. The molecule has 1 amide bonds. The first kappa shape index (κ1) is 16.1. The van der Waals surface area contributed by atoms with Gasteiger partial charge >= 0.3 is 5.97 Å². The number of nitrogens with zero attached hydrogens (tertiary/aromatic N) is 1. The Balaban J connectivity index is 2.75. The van der Waals surface area contributed by atoms with E-state index in [0.717, 1.165) is 6.20 Å². The fourth-order valence-electron chi connectivity index (χ4n) is 1.33. The quantitative estimate of drug-likeness (QED) is 0.437. The normalized spacial score (nSPS) is 11.1. The van der Waals surface area contributed by atoms with E-state index in [-0.39, 0.29) is 36.2 Å². The Labute approximate surface area is 116 Å². The van der Waals surface area contributed by atoms with Crippen molar-refractivity contribution in [2.75, 3.05) is 19.7 Å².